The predicted molar refractivity (Wildman–Crippen MR) is 67.4 cm³/mol. The fourth-order valence-electron chi connectivity index (χ4n) is 1.61. The van der Waals surface area contributed by atoms with E-state index in [1.807, 2.05) is 13.8 Å². The van der Waals surface area contributed by atoms with Gasteiger partial charge < -0.3 is 13.9 Å². The van der Waals surface area contributed by atoms with Gasteiger partial charge in [-0.05, 0) is 34.3 Å². The highest BCUT2D eigenvalue weighted by Gasteiger charge is 2.22. The van der Waals surface area contributed by atoms with E-state index in [-0.39, 0.29) is 11.7 Å². The van der Waals surface area contributed by atoms with E-state index in [9.17, 15) is 4.79 Å². The maximum Gasteiger partial charge on any atom is 0.373 e. The number of hydrogen-bond acceptors (Lipinski definition) is 4. The van der Waals surface area contributed by atoms with Crippen LogP contribution >= 0.6 is 15.9 Å². The summed E-state index contributed by atoms with van der Waals surface area (Å²) in [5.41, 5.74) is 1.06. The lowest BCUT2D eigenvalue weighted by Crippen LogP contribution is -2.03. The number of nitrogens with zero attached hydrogens (tertiary/aromatic N) is 1. The minimum Gasteiger partial charge on any atom is -0.475 e. The summed E-state index contributed by atoms with van der Waals surface area (Å²) in [6, 6.07) is 1.67. The van der Waals surface area contributed by atoms with Gasteiger partial charge in [-0.1, -0.05) is 13.8 Å². The van der Waals surface area contributed by atoms with Crippen molar-refractivity contribution in [2.75, 3.05) is 0 Å². The molecule has 2 aromatic rings. The molecule has 0 radical (unpaired) electrons. The Morgan fingerprint density at radius 3 is 2.78 bits per heavy atom. The Morgan fingerprint density at radius 1 is 1.56 bits per heavy atom. The highest BCUT2D eigenvalue weighted by Crippen LogP contribution is 2.30. The van der Waals surface area contributed by atoms with Crippen molar-refractivity contribution < 1.29 is 18.7 Å². The number of rotatable bonds is 4. The second-order valence-electron chi connectivity index (χ2n) is 4.31. The van der Waals surface area contributed by atoms with Crippen LogP contribution in [0.4, 0.5) is 0 Å². The van der Waals surface area contributed by atoms with Crippen molar-refractivity contribution in [3.8, 4) is 11.5 Å². The fraction of sp³-hybridized carbons (Fsp3) is 0.333. The zero-order chi connectivity index (χ0) is 13.3. The SMILES string of the molecule is CC(C)Cc1nc(-c2ccoc2Br)oc1C(=O)O. The number of aromatic nitrogens is 1. The van der Waals surface area contributed by atoms with Gasteiger partial charge in [0, 0.05) is 0 Å². The molecule has 2 rings (SSSR count). The lowest BCUT2D eigenvalue weighted by atomic mass is 10.1. The van der Waals surface area contributed by atoms with Gasteiger partial charge in [0.2, 0.25) is 11.7 Å². The first-order valence-electron chi connectivity index (χ1n) is 5.45. The molecule has 0 spiro atoms. The molecule has 5 nitrogen and oxygen atoms in total. The molecule has 0 aliphatic heterocycles. The Kier molecular flexibility index (Phi) is 3.56. The van der Waals surface area contributed by atoms with Gasteiger partial charge in [-0.25, -0.2) is 9.78 Å². The van der Waals surface area contributed by atoms with Gasteiger partial charge in [0.25, 0.3) is 0 Å². The average Bonchev–Trinajstić information content (AvgIpc) is 2.83. The van der Waals surface area contributed by atoms with Crippen molar-refractivity contribution >= 4 is 21.9 Å². The highest BCUT2D eigenvalue weighted by atomic mass is 79.9. The lowest BCUT2D eigenvalue weighted by Gasteiger charge is -1.99. The van der Waals surface area contributed by atoms with E-state index < -0.39 is 5.97 Å². The summed E-state index contributed by atoms with van der Waals surface area (Å²) in [4.78, 5) is 15.3. The molecule has 0 bridgehead atoms. The Labute approximate surface area is 112 Å². The molecule has 18 heavy (non-hydrogen) atoms. The Bertz CT molecular complexity index is 570. The zero-order valence-corrected chi connectivity index (χ0v) is 11.5. The number of halogens is 1. The Balaban J connectivity index is 2.45. The minimum atomic E-state index is -1.11. The number of carboxylic acid groups (broad SMARTS) is 1. The summed E-state index contributed by atoms with van der Waals surface area (Å²) in [5.74, 6) is -0.659. The predicted octanol–water partition coefficient (Wildman–Crippen LogP) is 3.59. The van der Waals surface area contributed by atoms with Crippen molar-refractivity contribution in [2.24, 2.45) is 5.92 Å². The molecule has 1 N–H and O–H groups in total. The number of oxazole rings is 1. The van der Waals surface area contributed by atoms with Crippen LogP contribution in [0.5, 0.6) is 0 Å². The standard InChI is InChI=1S/C12H12BrNO4/c1-6(2)5-8-9(12(15)16)18-11(14-8)7-3-4-17-10(7)13/h3-4,6H,5H2,1-2H3,(H,15,16). The maximum absolute atomic E-state index is 11.1. The minimum absolute atomic E-state index is 0.105. The van der Waals surface area contributed by atoms with Crippen LogP contribution in [0.25, 0.3) is 11.5 Å². The third-order valence-corrected chi connectivity index (χ3v) is 2.96. The molecule has 2 heterocycles. The van der Waals surface area contributed by atoms with Gasteiger partial charge in [-0.2, -0.15) is 0 Å². The molecule has 0 atom stereocenters. The number of furan rings is 1. The molecule has 6 heteroatoms. The van der Waals surface area contributed by atoms with Gasteiger partial charge in [0.15, 0.2) is 4.67 Å². The topological polar surface area (TPSA) is 76.5 Å². The molecule has 0 aromatic carbocycles. The first-order valence-corrected chi connectivity index (χ1v) is 6.24. The van der Waals surface area contributed by atoms with Crippen molar-refractivity contribution in [1.29, 1.82) is 0 Å². The van der Waals surface area contributed by atoms with Gasteiger partial charge in [-0.15, -0.1) is 0 Å². The third kappa shape index (κ3) is 2.48. The molecular weight excluding hydrogens is 302 g/mol. The summed E-state index contributed by atoms with van der Waals surface area (Å²) in [7, 11) is 0. The molecule has 0 amide bonds. The molecule has 0 saturated carbocycles. The fourth-order valence-corrected chi connectivity index (χ4v) is 2.01. The van der Waals surface area contributed by atoms with Crippen LogP contribution in [0.2, 0.25) is 0 Å². The van der Waals surface area contributed by atoms with Gasteiger partial charge >= 0.3 is 5.97 Å². The first-order chi connectivity index (χ1) is 8.49. The molecule has 2 aromatic heterocycles. The molecule has 0 unspecified atom stereocenters. The third-order valence-electron chi connectivity index (χ3n) is 2.34. The molecule has 0 saturated heterocycles. The van der Waals surface area contributed by atoms with Crippen LogP contribution < -0.4 is 0 Å². The van der Waals surface area contributed by atoms with Crippen LogP contribution in [0.3, 0.4) is 0 Å². The normalized spacial score (nSPS) is 11.1. The Hall–Kier alpha value is -1.56. The summed E-state index contributed by atoms with van der Waals surface area (Å²) in [6.45, 7) is 3.99. The largest absolute Gasteiger partial charge is 0.475 e. The van der Waals surface area contributed by atoms with Gasteiger partial charge in [0.1, 0.15) is 0 Å². The second kappa shape index (κ2) is 4.97. The Morgan fingerprint density at radius 2 is 2.28 bits per heavy atom. The van der Waals surface area contributed by atoms with Crippen molar-refractivity contribution in [1.82, 2.24) is 4.98 Å². The van der Waals surface area contributed by atoms with Crippen molar-refractivity contribution in [3.63, 3.8) is 0 Å². The highest BCUT2D eigenvalue weighted by molar-refractivity contribution is 9.10. The van der Waals surface area contributed by atoms with Crippen LogP contribution in [-0.2, 0) is 6.42 Å². The zero-order valence-electron chi connectivity index (χ0n) is 9.94. The van der Waals surface area contributed by atoms with E-state index >= 15 is 0 Å². The average molecular weight is 314 g/mol. The van der Waals surface area contributed by atoms with Crippen LogP contribution in [0.1, 0.15) is 30.1 Å². The summed E-state index contributed by atoms with van der Waals surface area (Å²) in [6.07, 6.45) is 2.03. The van der Waals surface area contributed by atoms with Crippen LogP contribution in [0, 0.1) is 5.92 Å². The summed E-state index contributed by atoms with van der Waals surface area (Å²) >= 11 is 3.21. The lowest BCUT2D eigenvalue weighted by molar-refractivity contribution is 0.0661. The van der Waals surface area contributed by atoms with Gasteiger partial charge in [0.05, 0.1) is 17.5 Å². The molecule has 0 aliphatic carbocycles. The number of carbonyl (C=O) groups is 1. The number of carboxylic acids is 1. The molecular formula is C12H12BrNO4. The van der Waals surface area contributed by atoms with Crippen molar-refractivity contribution in [3.05, 3.63) is 28.5 Å². The van der Waals surface area contributed by atoms with Crippen molar-refractivity contribution in [2.45, 2.75) is 20.3 Å². The van der Waals surface area contributed by atoms with Crippen LogP contribution in [-0.4, -0.2) is 16.1 Å². The quantitative estimate of drug-likeness (QED) is 0.933. The molecule has 0 fully saturated rings. The summed E-state index contributed by atoms with van der Waals surface area (Å²) in [5, 5.41) is 9.09. The molecule has 96 valence electrons. The monoisotopic (exact) mass is 313 g/mol. The number of aromatic carboxylic acids is 1. The van der Waals surface area contributed by atoms with E-state index in [2.05, 4.69) is 20.9 Å². The van der Waals surface area contributed by atoms with E-state index in [0.717, 1.165) is 0 Å². The molecule has 0 aliphatic rings. The smallest absolute Gasteiger partial charge is 0.373 e. The van der Waals surface area contributed by atoms with Gasteiger partial charge in [-0.3, -0.25) is 0 Å². The second-order valence-corrected chi connectivity index (χ2v) is 5.03. The van der Waals surface area contributed by atoms with E-state index in [4.69, 9.17) is 13.9 Å². The van der Waals surface area contributed by atoms with E-state index in [1.165, 1.54) is 6.26 Å². The number of hydrogen-bond donors (Lipinski definition) is 1. The van der Waals surface area contributed by atoms with E-state index in [0.29, 0.717) is 28.3 Å². The first kappa shape index (κ1) is 12.9. The maximum atomic E-state index is 11.1. The van der Waals surface area contributed by atoms with E-state index in [1.54, 1.807) is 6.07 Å². The van der Waals surface area contributed by atoms with Crippen LogP contribution in [0.15, 0.2) is 25.8 Å². The summed E-state index contributed by atoms with van der Waals surface area (Å²) < 4.78 is 10.8.